The van der Waals surface area contributed by atoms with Gasteiger partial charge in [0.25, 0.3) is 0 Å². The Balaban J connectivity index is 3.23. The van der Waals surface area contributed by atoms with Gasteiger partial charge in [0, 0.05) is 0 Å². The lowest BCUT2D eigenvalue weighted by Gasteiger charge is -2.15. The Morgan fingerprint density at radius 3 is 2.44 bits per heavy atom. The standard InChI is InChI=1S/C8H6ClF3N2OS/c9-6-2-1-4(14(16)7(13)15)3-5(6)8(10,11)12/h1-3,16H,(H2,13,15). The first-order chi connectivity index (χ1) is 7.23. The van der Waals surface area contributed by atoms with Crippen LogP contribution in [-0.2, 0) is 6.18 Å². The van der Waals surface area contributed by atoms with Gasteiger partial charge in [0.1, 0.15) is 0 Å². The largest absolute Gasteiger partial charge is 0.417 e. The van der Waals surface area contributed by atoms with E-state index < -0.39 is 22.8 Å². The third-order valence-corrected chi connectivity index (χ3v) is 2.47. The smallest absolute Gasteiger partial charge is 0.350 e. The average molecular weight is 271 g/mol. The fourth-order valence-corrected chi connectivity index (χ4v) is 1.34. The van der Waals surface area contributed by atoms with Crippen LogP contribution in [0.25, 0.3) is 0 Å². The van der Waals surface area contributed by atoms with Crippen molar-refractivity contribution in [1.29, 1.82) is 0 Å². The van der Waals surface area contributed by atoms with Gasteiger partial charge in [0.15, 0.2) is 0 Å². The highest BCUT2D eigenvalue weighted by molar-refractivity contribution is 7.82. The van der Waals surface area contributed by atoms with Gasteiger partial charge in [0.2, 0.25) is 0 Å². The van der Waals surface area contributed by atoms with Crippen LogP contribution in [0.3, 0.4) is 0 Å². The number of amides is 2. The Morgan fingerprint density at radius 1 is 1.44 bits per heavy atom. The lowest BCUT2D eigenvalue weighted by Crippen LogP contribution is -2.27. The molecule has 1 rings (SSSR count). The number of hydrogen-bond acceptors (Lipinski definition) is 2. The molecule has 0 saturated heterocycles. The fourth-order valence-electron chi connectivity index (χ4n) is 0.989. The molecular weight excluding hydrogens is 265 g/mol. The van der Waals surface area contributed by atoms with Crippen LogP contribution in [0, 0.1) is 0 Å². The number of nitrogens with two attached hydrogens (primary N) is 1. The molecule has 0 radical (unpaired) electrons. The Labute approximate surface area is 99.5 Å². The summed E-state index contributed by atoms with van der Waals surface area (Å²) >= 11 is 9.03. The number of anilines is 1. The van der Waals surface area contributed by atoms with Gasteiger partial charge in [-0.15, -0.1) is 0 Å². The van der Waals surface area contributed by atoms with Crippen LogP contribution < -0.4 is 10.0 Å². The van der Waals surface area contributed by atoms with Gasteiger partial charge in [0.05, 0.1) is 16.3 Å². The Hall–Kier alpha value is -1.08. The maximum absolute atomic E-state index is 12.4. The third-order valence-electron chi connectivity index (χ3n) is 1.71. The summed E-state index contributed by atoms with van der Waals surface area (Å²) in [5.41, 5.74) is 3.71. The van der Waals surface area contributed by atoms with Gasteiger partial charge < -0.3 is 5.73 Å². The van der Waals surface area contributed by atoms with Crippen LogP contribution in [0.4, 0.5) is 23.7 Å². The van der Waals surface area contributed by atoms with E-state index in [9.17, 15) is 18.0 Å². The van der Waals surface area contributed by atoms with Crippen molar-refractivity contribution in [2.45, 2.75) is 6.18 Å². The summed E-state index contributed by atoms with van der Waals surface area (Å²) in [4.78, 5) is 10.7. The summed E-state index contributed by atoms with van der Waals surface area (Å²) in [6.45, 7) is 0. The minimum atomic E-state index is -4.60. The van der Waals surface area contributed by atoms with Crippen molar-refractivity contribution in [2.75, 3.05) is 4.31 Å². The third kappa shape index (κ3) is 2.73. The lowest BCUT2D eigenvalue weighted by atomic mass is 10.2. The van der Waals surface area contributed by atoms with Gasteiger partial charge >= 0.3 is 12.2 Å². The van der Waals surface area contributed by atoms with E-state index in [1.54, 1.807) is 0 Å². The van der Waals surface area contributed by atoms with Crippen LogP contribution in [0.5, 0.6) is 0 Å². The first-order valence-corrected chi connectivity index (χ1v) is 4.66. The molecule has 0 heterocycles. The maximum Gasteiger partial charge on any atom is 0.417 e. The van der Waals surface area contributed by atoms with Gasteiger partial charge in [-0.25, -0.2) is 9.10 Å². The van der Waals surface area contributed by atoms with Gasteiger partial charge in [-0.05, 0) is 18.2 Å². The number of alkyl halides is 3. The lowest BCUT2D eigenvalue weighted by molar-refractivity contribution is -0.137. The van der Waals surface area contributed by atoms with E-state index in [0.29, 0.717) is 10.4 Å². The van der Waals surface area contributed by atoms with Crippen LogP contribution in [0.1, 0.15) is 5.56 Å². The first-order valence-electron chi connectivity index (χ1n) is 3.88. The van der Waals surface area contributed by atoms with E-state index in [0.717, 1.165) is 6.07 Å². The van der Waals surface area contributed by atoms with Crippen molar-refractivity contribution < 1.29 is 18.0 Å². The molecule has 0 aliphatic rings. The van der Waals surface area contributed by atoms with E-state index in [-0.39, 0.29) is 5.69 Å². The summed E-state index contributed by atoms with van der Waals surface area (Å²) in [6.07, 6.45) is -4.60. The van der Waals surface area contributed by atoms with Crippen molar-refractivity contribution in [3.8, 4) is 0 Å². The second-order valence-electron chi connectivity index (χ2n) is 2.81. The maximum atomic E-state index is 12.4. The highest BCUT2D eigenvalue weighted by atomic mass is 35.5. The molecule has 0 aliphatic carbocycles. The van der Waals surface area contributed by atoms with Crippen LogP contribution in [0.15, 0.2) is 18.2 Å². The average Bonchev–Trinajstić information content (AvgIpc) is 2.15. The second kappa shape index (κ2) is 4.42. The predicted octanol–water partition coefficient (Wildman–Crippen LogP) is 3.09. The molecule has 0 bridgehead atoms. The summed E-state index contributed by atoms with van der Waals surface area (Å²) in [6, 6.07) is 1.93. The summed E-state index contributed by atoms with van der Waals surface area (Å²) in [5.74, 6) is 0. The van der Waals surface area contributed by atoms with E-state index in [2.05, 4.69) is 12.8 Å². The minimum Gasteiger partial charge on any atom is -0.350 e. The highest BCUT2D eigenvalue weighted by Crippen LogP contribution is 2.37. The molecule has 0 fully saturated rings. The monoisotopic (exact) mass is 270 g/mol. The Morgan fingerprint density at radius 2 is 2.00 bits per heavy atom. The molecule has 0 unspecified atom stereocenters. The number of carbonyl (C=O) groups excluding carboxylic acids is 1. The summed E-state index contributed by atoms with van der Waals surface area (Å²) in [5, 5.41) is -0.456. The number of urea groups is 1. The van der Waals surface area contributed by atoms with Gasteiger partial charge in [-0.1, -0.05) is 24.4 Å². The Bertz CT molecular complexity index is 424. The molecule has 0 aromatic heterocycles. The SMILES string of the molecule is NC(=O)N(S)c1ccc(Cl)c(C(F)(F)F)c1. The molecule has 16 heavy (non-hydrogen) atoms. The van der Waals surface area contributed by atoms with Crippen LogP contribution in [-0.4, -0.2) is 6.03 Å². The number of benzene rings is 1. The number of hydrogen-bond donors (Lipinski definition) is 2. The molecule has 0 saturated carbocycles. The van der Waals surface area contributed by atoms with E-state index in [1.165, 1.54) is 6.07 Å². The van der Waals surface area contributed by atoms with E-state index >= 15 is 0 Å². The van der Waals surface area contributed by atoms with Crippen molar-refractivity contribution in [1.82, 2.24) is 0 Å². The molecule has 1 aromatic carbocycles. The highest BCUT2D eigenvalue weighted by Gasteiger charge is 2.33. The normalized spacial score (nSPS) is 11.3. The molecule has 0 aliphatic heterocycles. The number of thiol groups is 1. The summed E-state index contributed by atoms with van der Waals surface area (Å²) < 4.78 is 37.9. The van der Waals surface area contributed by atoms with Crippen LogP contribution >= 0.6 is 24.4 Å². The van der Waals surface area contributed by atoms with E-state index in [4.69, 9.17) is 17.3 Å². The zero-order valence-corrected chi connectivity index (χ0v) is 9.27. The number of halogens is 4. The number of carbonyl (C=O) groups is 1. The van der Waals surface area contributed by atoms with E-state index in [1.807, 2.05) is 0 Å². The predicted molar refractivity (Wildman–Crippen MR) is 57.5 cm³/mol. The van der Waals surface area contributed by atoms with Gasteiger partial charge in [-0.2, -0.15) is 13.2 Å². The van der Waals surface area contributed by atoms with Crippen LogP contribution in [0.2, 0.25) is 5.02 Å². The number of primary amides is 1. The molecule has 3 nitrogen and oxygen atoms in total. The molecule has 2 N–H and O–H groups in total. The van der Waals surface area contributed by atoms with Crippen molar-refractivity contribution in [3.05, 3.63) is 28.8 Å². The quantitative estimate of drug-likeness (QED) is 0.757. The van der Waals surface area contributed by atoms with Crippen molar-refractivity contribution >= 4 is 36.1 Å². The number of nitrogens with zero attached hydrogens (tertiary/aromatic N) is 1. The molecule has 0 spiro atoms. The minimum absolute atomic E-state index is 0.104. The topological polar surface area (TPSA) is 46.3 Å². The molecule has 1 aromatic rings. The molecular formula is C8H6ClF3N2OS. The molecule has 8 heteroatoms. The zero-order chi connectivity index (χ0) is 12.5. The van der Waals surface area contributed by atoms with Crippen molar-refractivity contribution in [3.63, 3.8) is 0 Å². The Kier molecular flexibility index (Phi) is 3.59. The fraction of sp³-hybridized carbons (Fsp3) is 0.125. The van der Waals surface area contributed by atoms with Crippen molar-refractivity contribution in [2.24, 2.45) is 5.73 Å². The first kappa shape index (κ1) is 13.0. The molecule has 88 valence electrons. The molecule has 0 atom stereocenters. The second-order valence-corrected chi connectivity index (χ2v) is 3.62. The van der Waals surface area contributed by atoms with Gasteiger partial charge in [-0.3, -0.25) is 0 Å². The number of rotatable bonds is 1. The molecule has 2 amide bonds. The summed E-state index contributed by atoms with van der Waals surface area (Å²) in [7, 11) is 0. The zero-order valence-electron chi connectivity index (χ0n) is 7.62.